The first-order chi connectivity index (χ1) is 7.59. The number of carbonyl (C=O) groups excluding carboxylic acids is 1. The summed E-state index contributed by atoms with van der Waals surface area (Å²) < 4.78 is 5.65. The van der Waals surface area contributed by atoms with Gasteiger partial charge in [0.05, 0.1) is 6.61 Å². The Kier molecular flexibility index (Phi) is 5.20. The maximum Gasteiger partial charge on any atom is 0.158 e. The van der Waals surface area contributed by atoms with Crippen LogP contribution < -0.4 is 0 Å². The van der Waals surface area contributed by atoms with Crippen molar-refractivity contribution < 1.29 is 9.53 Å². The van der Waals surface area contributed by atoms with Crippen molar-refractivity contribution >= 4 is 5.78 Å². The fourth-order valence-electron chi connectivity index (χ4n) is 1.55. The Morgan fingerprint density at radius 2 is 1.88 bits per heavy atom. The number of rotatable bonds is 6. The lowest BCUT2D eigenvalue weighted by molar-refractivity contribution is -0.130. The van der Waals surface area contributed by atoms with Gasteiger partial charge in [-0.2, -0.15) is 0 Å². The van der Waals surface area contributed by atoms with Crippen LogP contribution in [0.1, 0.15) is 32.8 Å². The lowest BCUT2D eigenvalue weighted by atomic mass is 10.0. The van der Waals surface area contributed by atoms with Gasteiger partial charge in [0.25, 0.3) is 0 Å². The number of ether oxygens (including phenoxy) is 1. The quantitative estimate of drug-likeness (QED) is 0.736. The SMILES string of the molecule is CC(=O)[C@H](CC(C)C)OCc1ccccc1. The number of ketones is 1. The van der Waals surface area contributed by atoms with Crippen molar-refractivity contribution in [2.75, 3.05) is 0 Å². The molecule has 0 saturated carbocycles. The monoisotopic (exact) mass is 220 g/mol. The molecule has 2 nitrogen and oxygen atoms in total. The summed E-state index contributed by atoms with van der Waals surface area (Å²) >= 11 is 0. The molecule has 0 fully saturated rings. The second-order valence-electron chi connectivity index (χ2n) is 4.53. The first-order valence-electron chi connectivity index (χ1n) is 5.75. The molecule has 0 aromatic heterocycles. The molecule has 0 heterocycles. The van der Waals surface area contributed by atoms with Gasteiger partial charge in [0.15, 0.2) is 5.78 Å². The van der Waals surface area contributed by atoms with Crippen LogP contribution in [0, 0.1) is 5.92 Å². The van der Waals surface area contributed by atoms with Crippen LogP contribution in [0.5, 0.6) is 0 Å². The summed E-state index contributed by atoms with van der Waals surface area (Å²) in [5.41, 5.74) is 1.11. The average molecular weight is 220 g/mol. The molecule has 1 aromatic carbocycles. The molecule has 0 aliphatic heterocycles. The van der Waals surface area contributed by atoms with Crippen molar-refractivity contribution in [3.8, 4) is 0 Å². The van der Waals surface area contributed by atoms with Gasteiger partial charge in [-0.1, -0.05) is 44.2 Å². The summed E-state index contributed by atoms with van der Waals surface area (Å²) in [6.07, 6.45) is 0.530. The van der Waals surface area contributed by atoms with Gasteiger partial charge in [-0.3, -0.25) is 4.79 Å². The number of carbonyl (C=O) groups is 1. The molecule has 1 rings (SSSR count). The second-order valence-corrected chi connectivity index (χ2v) is 4.53. The van der Waals surface area contributed by atoms with Gasteiger partial charge in [0.2, 0.25) is 0 Å². The molecule has 0 aliphatic rings. The third-order valence-corrected chi connectivity index (χ3v) is 2.43. The van der Waals surface area contributed by atoms with Gasteiger partial charge < -0.3 is 4.74 Å². The van der Waals surface area contributed by atoms with E-state index in [-0.39, 0.29) is 11.9 Å². The predicted octanol–water partition coefficient (Wildman–Crippen LogP) is 3.21. The van der Waals surface area contributed by atoms with Crippen LogP contribution in [0.2, 0.25) is 0 Å². The van der Waals surface area contributed by atoms with E-state index in [2.05, 4.69) is 13.8 Å². The summed E-state index contributed by atoms with van der Waals surface area (Å²) in [6, 6.07) is 9.94. The fourth-order valence-corrected chi connectivity index (χ4v) is 1.55. The highest BCUT2D eigenvalue weighted by Gasteiger charge is 2.16. The minimum atomic E-state index is -0.264. The molecular weight excluding hydrogens is 200 g/mol. The molecule has 0 amide bonds. The van der Waals surface area contributed by atoms with Crippen LogP contribution in [0.4, 0.5) is 0 Å². The third-order valence-electron chi connectivity index (χ3n) is 2.43. The van der Waals surface area contributed by atoms with E-state index in [0.717, 1.165) is 12.0 Å². The van der Waals surface area contributed by atoms with E-state index in [1.165, 1.54) is 0 Å². The first kappa shape index (κ1) is 12.9. The number of benzene rings is 1. The van der Waals surface area contributed by atoms with Gasteiger partial charge >= 0.3 is 0 Å². The first-order valence-corrected chi connectivity index (χ1v) is 5.75. The molecule has 16 heavy (non-hydrogen) atoms. The Balaban J connectivity index is 2.47. The summed E-state index contributed by atoms with van der Waals surface area (Å²) in [4.78, 5) is 11.4. The predicted molar refractivity (Wildman–Crippen MR) is 65.2 cm³/mol. The van der Waals surface area contributed by atoms with E-state index >= 15 is 0 Å². The zero-order valence-corrected chi connectivity index (χ0v) is 10.3. The summed E-state index contributed by atoms with van der Waals surface area (Å²) in [6.45, 7) is 6.31. The van der Waals surface area contributed by atoms with Crippen molar-refractivity contribution in [1.82, 2.24) is 0 Å². The van der Waals surface area contributed by atoms with Crippen LogP contribution in [0.3, 0.4) is 0 Å². The summed E-state index contributed by atoms with van der Waals surface area (Å²) in [5.74, 6) is 0.592. The van der Waals surface area contributed by atoms with Crippen molar-refractivity contribution in [3.05, 3.63) is 35.9 Å². The second kappa shape index (κ2) is 6.44. The average Bonchev–Trinajstić information content (AvgIpc) is 2.25. The minimum Gasteiger partial charge on any atom is -0.366 e. The van der Waals surface area contributed by atoms with E-state index in [1.54, 1.807) is 6.92 Å². The molecule has 0 aliphatic carbocycles. The van der Waals surface area contributed by atoms with E-state index in [0.29, 0.717) is 12.5 Å². The maximum atomic E-state index is 11.4. The van der Waals surface area contributed by atoms with Gasteiger partial charge in [-0.25, -0.2) is 0 Å². The van der Waals surface area contributed by atoms with E-state index < -0.39 is 0 Å². The molecule has 0 N–H and O–H groups in total. The number of Topliss-reactive ketones (excluding diaryl/α,β-unsaturated/α-hetero) is 1. The molecule has 0 radical (unpaired) electrons. The van der Waals surface area contributed by atoms with Gasteiger partial charge in [0, 0.05) is 0 Å². The van der Waals surface area contributed by atoms with Crippen LogP contribution in [0.25, 0.3) is 0 Å². The van der Waals surface area contributed by atoms with Crippen LogP contribution in [-0.2, 0) is 16.1 Å². The van der Waals surface area contributed by atoms with Crippen molar-refractivity contribution in [2.24, 2.45) is 5.92 Å². The Morgan fingerprint density at radius 3 is 2.38 bits per heavy atom. The highest BCUT2D eigenvalue weighted by atomic mass is 16.5. The Bertz CT molecular complexity index is 317. The van der Waals surface area contributed by atoms with E-state index in [4.69, 9.17) is 4.74 Å². The van der Waals surface area contributed by atoms with E-state index in [9.17, 15) is 4.79 Å². The van der Waals surface area contributed by atoms with Crippen molar-refractivity contribution in [2.45, 2.75) is 39.9 Å². The normalized spacial score (nSPS) is 12.8. The smallest absolute Gasteiger partial charge is 0.158 e. The molecule has 0 saturated heterocycles. The maximum absolute atomic E-state index is 11.4. The number of hydrogen-bond acceptors (Lipinski definition) is 2. The highest BCUT2D eigenvalue weighted by Crippen LogP contribution is 2.12. The van der Waals surface area contributed by atoms with Crippen molar-refractivity contribution in [3.63, 3.8) is 0 Å². The Labute approximate surface area is 97.6 Å². The zero-order valence-electron chi connectivity index (χ0n) is 10.3. The standard InChI is InChI=1S/C14H20O2/c1-11(2)9-14(12(3)15)16-10-13-7-5-4-6-8-13/h4-8,11,14H,9-10H2,1-3H3/t14-/m0/s1. The summed E-state index contributed by atoms with van der Waals surface area (Å²) in [7, 11) is 0. The third kappa shape index (κ3) is 4.58. The number of hydrogen-bond donors (Lipinski definition) is 0. The topological polar surface area (TPSA) is 26.3 Å². The summed E-state index contributed by atoms with van der Waals surface area (Å²) in [5, 5.41) is 0. The van der Waals surface area contributed by atoms with Crippen LogP contribution in [-0.4, -0.2) is 11.9 Å². The highest BCUT2D eigenvalue weighted by molar-refractivity contribution is 5.80. The van der Waals surface area contributed by atoms with Crippen LogP contribution >= 0.6 is 0 Å². The lowest BCUT2D eigenvalue weighted by Gasteiger charge is -2.17. The molecule has 1 atom stereocenters. The Morgan fingerprint density at radius 1 is 1.25 bits per heavy atom. The molecule has 88 valence electrons. The van der Waals surface area contributed by atoms with Gasteiger partial charge in [-0.05, 0) is 24.8 Å². The minimum absolute atomic E-state index is 0.115. The van der Waals surface area contributed by atoms with E-state index in [1.807, 2.05) is 30.3 Å². The lowest BCUT2D eigenvalue weighted by Crippen LogP contribution is -2.23. The molecular formula is C14H20O2. The molecule has 1 aromatic rings. The zero-order chi connectivity index (χ0) is 12.0. The Hall–Kier alpha value is -1.15. The molecule has 0 bridgehead atoms. The largest absolute Gasteiger partial charge is 0.366 e. The van der Waals surface area contributed by atoms with Crippen LogP contribution in [0.15, 0.2) is 30.3 Å². The molecule has 0 unspecified atom stereocenters. The molecule has 2 heteroatoms. The van der Waals surface area contributed by atoms with Gasteiger partial charge in [-0.15, -0.1) is 0 Å². The van der Waals surface area contributed by atoms with Gasteiger partial charge in [0.1, 0.15) is 6.10 Å². The fraction of sp³-hybridized carbons (Fsp3) is 0.500. The van der Waals surface area contributed by atoms with Crippen molar-refractivity contribution in [1.29, 1.82) is 0 Å². The molecule has 0 spiro atoms.